The third-order valence-corrected chi connectivity index (χ3v) is 5.15. The second-order valence-corrected chi connectivity index (χ2v) is 7.20. The van der Waals surface area contributed by atoms with Gasteiger partial charge in [0.25, 0.3) is 11.1 Å². The van der Waals surface area contributed by atoms with E-state index in [9.17, 15) is 18.8 Å². The highest BCUT2D eigenvalue weighted by Crippen LogP contribution is 2.35. The summed E-state index contributed by atoms with van der Waals surface area (Å²) in [5.41, 5.74) is 1.39. The molecule has 3 rings (SSSR count). The van der Waals surface area contributed by atoms with Crippen LogP contribution in [0, 0.1) is 5.82 Å². The van der Waals surface area contributed by atoms with Gasteiger partial charge < -0.3 is 9.47 Å². The van der Waals surface area contributed by atoms with E-state index in [2.05, 4.69) is 4.74 Å². The van der Waals surface area contributed by atoms with E-state index in [0.717, 1.165) is 22.2 Å². The van der Waals surface area contributed by atoms with Crippen LogP contribution in [-0.4, -0.2) is 35.2 Å². The van der Waals surface area contributed by atoms with Crippen molar-refractivity contribution in [3.8, 4) is 5.75 Å². The fourth-order valence-corrected chi connectivity index (χ4v) is 3.60. The molecule has 0 aliphatic carbocycles. The number of nitrogens with zero attached hydrogens (tertiary/aromatic N) is 1. The number of thioether (sulfide) groups is 1. The lowest BCUT2D eigenvalue weighted by Crippen LogP contribution is -2.42. The van der Waals surface area contributed by atoms with Gasteiger partial charge in [0.2, 0.25) is 0 Å². The highest BCUT2D eigenvalue weighted by Gasteiger charge is 2.41. The lowest BCUT2D eigenvalue weighted by atomic mass is 10.1. The maximum atomic E-state index is 13.0. The van der Waals surface area contributed by atoms with E-state index in [1.807, 2.05) is 0 Å². The van der Waals surface area contributed by atoms with Gasteiger partial charge in [-0.1, -0.05) is 30.3 Å². The van der Waals surface area contributed by atoms with E-state index in [0.29, 0.717) is 11.3 Å². The summed E-state index contributed by atoms with van der Waals surface area (Å²) < 4.78 is 23.5. The van der Waals surface area contributed by atoms with Crippen molar-refractivity contribution in [2.75, 3.05) is 7.11 Å². The first kappa shape index (κ1) is 20.6. The number of esters is 1. The first-order valence-electron chi connectivity index (χ1n) is 8.72. The fourth-order valence-electron chi connectivity index (χ4n) is 2.70. The Hall–Kier alpha value is -3.13. The number of rotatable bonds is 6. The third-order valence-electron chi connectivity index (χ3n) is 4.27. The van der Waals surface area contributed by atoms with Crippen molar-refractivity contribution in [2.24, 2.45) is 0 Å². The zero-order chi connectivity index (χ0) is 21.0. The van der Waals surface area contributed by atoms with Crippen LogP contribution in [0.5, 0.6) is 5.75 Å². The van der Waals surface area contributed by atoms with Gasteiger partial charge in [0.1, 0.15) is 24.2 Å². The van der Waals surface area contributed by atoms with E-state index < -0.39 is 23.2 Å². The Bertz CT molecular complexity index is 973. The summed E-state index contributed by atoms with van der Waals surface area (Å²) in [5.74, 6) is -1.06. The minimum atomic E-state index is -1.01. The van der Waals surface area contributed by atoms with Gasteiger partial charge in [-0.2, -0.15) is 0 Å². The van der Waals surface area contributed by atoms with Crippen LogP contribution in [0.2, 0.25) is 0 Å². The number of para-hydroxylation sites is 1. The number of hydrogen-bond donors (Lipinski definition) is 0. The molecule has 6 nitrogen and oxygen atoms in total. The summed E-state index contributed by atoms with van der Waals surface area (Å²) in [6.45, 7) is 1.65. The molecule has 2 aromatic rings. The lowest BCUT2D eigenvalue weighted by molar-refractivity contribution is -0.148. The molecule has 0 spiro atoms. The Labute approximate surface area is 171 Å². The highest BCUT2D eigenvalue weighted by molar-refractivity contribution is 8.18. The van der Waals surface area contributed by atoms with Crippen molar-refractivity contribution in [1.29, 1.82) is 0 Å². The van der Waals surface area contributed by atoms with Crippen LogP contribution in [0.4, 0.5) is 9.18 Å². The molecular weight excluding hydrogens is 397 g/mol. The second-order valence-electron chi connectivity index (χ2n) is 6.20. The van der Waals surface area contributed by atoms with Crippen molar-refractivity contribution in [3.05, 3.63) is 70.4 Å². The van der Waals surface area contributed by atoms with Crippen LogP contribution < -0.4 is 4.74 Å². The predicted octanol–water partition coefficient (Wildman–Crippen LogP) is 4.00. The summed E-state index contributed by atoms with van der Waals surface area (Å²) in [4.78, 5) is 37.6. The fraction of sp³-hybridized carbons (Fsp3) is 0.190. The van der Waals surface area contributed by atoms with Crippen LogP contribution in [-0.2, 0) is 20.9 Å². The van der Waals surface area contributed by atoms with E-state index in [4.69, 9.17) is 4.74 Å². The molecule has 1 heterocycles. The van der Waals surface area contributed by atoms with Gasteiger partial charge in [0, 0.05) is 5.56 Å². The van der Waals surface area contributed by atoms with Crippen molar-refractivity contribution >= 4 is 35.0 Å². The molecular formula is C21H18FNO5S. The Morgan fingerprint density at radius 2 is 1.86 bits per heavy atom. The molecule has 1 saturated heterocycles. The zero-order valence-corrected chi connectivity index (χ0v) is 16.6. The van der Waals surface area contributed by atoms with E-state index in [1.54, 1.807) is 42.5 Å². The number of hydrogen-bond acceptors (Lipinski definition) is 6. The van der Waals surface area contributed by atoms with Gasteiger partial charge in [-0.25, -0.2) is 9.18 Å². The molecule has 8 heteroatoms. The lowest BCUT2D eigenvalue weighted by Gasteiger charge is -2.18. The van der Waals surface area contributed by atoms with Crippen LogP contribution in [0.25, 0.3) is 6.08 Å². The molecule has 2 aromatic carbocycles. The summed E-state index contributed by atoms with van der Waals surface area (Å²) in [6.07, 6.45) is 1.55. The molecule has 1 atom stereocenters. The average molecular weight is 415 g/mol. The molecule has 0 bridgehead atoms. The number of halogens is 1. The number of carbonyl (C=O) groups is 3. The van der Waals surface area contributed by atoms with E-state index in [1.165, 1.54) is 26.2 Å². The topological polar surface area (TPSA) is 72.9 Å². The molecule has 1 aliphatic heterocycles. The number of carbonyl (C=O) groups excluding carboxylic acids is 3. The standard InChI is InChI=1S/C21H18FNO5S/c1-13(20(25)27-2)23-19(24)18(29-21(23)26)11-15-5-3-4-6-17(15)28-12-14-7-9-16(22)10-8-14/h3-11,13H,12H2,1-2H3/b18-11+/t13-/m0/s1. The minimum Gasteiger partial charge on any atom is -0.488 e. The summed E-state index contributed by atoms with van der Waals surface area (Å²) in [5, 5.41) is -0.538. The molecule has 0 radical (unpaired) electrons. The Kier molecular flexibility index (Phi) is 6.33. The Morgan fingerprint density at radius 1 is 1.17 bits per heavy atom. The summed E-state index contributed by atoms with van der Waals surface area (Å²) in [6, 6.07) is 12.0. The molecule has 0 aromatic heterocycles. The van der Waals surface area contributed by atoms with Crippen LogP contribution >= 0.6 is 11.8 Å². The first-order valence-corrected chi connectivity index (χ1v) is 9.53. The normalized spacial score (nSPS) is 16.2. The van der Waals surface area contributed by atoms with Crippen molar-refractivity contribution in [2.45, 2.75) is 19.6 Å². The second kappa shape index (κ2) is 8.91. The number of imide groups is 1. The molecule has 0 unspecified atom stereocenters. The molecule has 29 heavy (non-hydrogen) atoms. The van der Waals surface area contributed by atoms with Gasteiger partial charge in [0.05, 0.1) is 12.0 Å². The number of benzene rings is 2. The monoisotopic (exact) mass is 415 g/mol. The molecule has 0 N–H and O–H groups in total. The first-order chi connectivity index (χ1) is 13.9. The van der Waals surface area contributed by atoms with Crippen LogP contribution in [0.15, 0.2) is 53.4 Å². The smallest absolute Gasteiger partial charge is 0.328 e. The van der Waals surface area contributed by atoms with Crippen LogP contribution in [0.1, 0.15) is 18.1 Å². The maximum absolute atomic E-state index is 13.0. The van der Waals surface area contributed by atoms with Gasteiger partial charge >= 0.3 is 5.97 Å². The SMILES string of the molecule is COC(=O)[C@H](C)N1C(=O)S/C(=C/c2ccccc2OCc2ccc(F)cc2)C1=O. The zero-order valence-electron chi connectivity index (χ0n) is 15.8. The number of methoxy groups -OCH3 is 1. The molecule has 0 saturated carbocycles. The Balaban J connectivity index is 1.80. The predicted molar refractivity (Wildman–Crippen MR) is 106 cm³/mol. The Morgan fingerprint density at radius 3 is 2.55 bits per heavy atom. The quantitative estimate of drug-likeness (QED) is 0.525. The van der Waals surface area contributed by atoms with Gasteiger partial charge in [-0.15, -0.1) is 0 Å². The van der Waals surface area contributed by atoms with Crippen molar-refractivity contribution < 1.29 is 28.2 Å². The molecule has 2 amide bonds. The van der Waals surface area contributed by atoms with Gasteiger partial charge in [-0.3, -0.25) is 14.5 Å². The number of amides is 2. The van der Waals surface area contributed by atoms with Crippen LogP contribution in [0.3, 0.4) is 0 Å². The average Bonchev–Trinajstić information content (AvgIpc) is 3.00. The summed E-state index contributed by atoms with van der Waals surface area (Å²) >= 11 is 0.751. The number of ether oxygens (including phenoxy) is 2. The molecule has 150 valence electrons. The molecule has 1 aliphatic rings. The largest absolute Gasteiger partial charge is 0.488 e. The van der Waals surface area contributed by atoms with Gasteiger partial charge in [0.15, 0.2) is 0 Å². The van der Waals surface area contributed by atoms with Crippen molar-refractivity contribution in [1.82, 2.24) is 4.90 Å². The minimum absolute atomic E-state index is 0.184. The van der Waals surface area contributed by atoms with E-state index >= 15 is 0 Å². The summed E-state index contributed by atoms with van der Waals surface area (Å²) in [7, 11) is 1.20. The molecule has 1 fully saturated rings. The van der Waals surface area contributed by atoms with Gasteiger partial charge in [-0.05, 0) is 48.5 Å². The maximum Gasteiger partial charge on any atom is 0.328 e. The van der Waals surface area contributed by atoms with Crippen molar-refractivity contribution in [3.63, 3.8) is 0 Å². The third kappa shape index (κ3) is 4.65. The van der Waals surface area contributed by atoms with E-state index in [-0.39, 0.29) is 17.3 Å². The highest BCUT2D eigenvalue weighted by atomic mass is 32.2.